The van der Waals surface area contributed by atoms with Crippen LogP contribution in [0.2, 0.25) is 0 Å². The molecular weight excluding hydrogens is 410 g/mol. The van der Waals surface area contributed by atoms with Crippen LogP contribution in [0.25, 0.3) is 0 Å². The number of rotatable bonds is 6. The summed E-state index contributed by atoms with van der Waals surface area (Å²) in [7, 11) is 1.67. The van der Waals surface area contributed by atoms with E-state index in [1.165, 1.54) is 16.2 Å². The monoisotopic (exact) mass is 433 g/mol. The third-order valence-corrected chi connectivity index (χ3v) is 5.32. The number of carbonyl (C=O) groups excluding carboxylic acids is 1. The van der Waals surface area contributed by atoms with Gasteiger partial charge in [0.25, 0.3) is 5.56 Å². The van der Waals surface area contributed by atoms with E-state index in [-0.39, 0.29) is 18.0 Å². The summed E-state index contributed by atoms with van der Waals surface area (Å²) in [6.45, 7) is 4.17. The number of pyridine rings is 1. The lowest BCUT2D eigenvalue weighted by molar-refractivity contribution is -0.133. The largest absolute Gasteiger partial charge is 0.497 e. The molecule has 1 saturated heterocycles. The fourth-order valence-corrected chi connectivity index (χ4v) is 3.55. The van der Waals surface area contributed by atoms with Crippen molar-refractivity contribution in [3.05, 3.63) is 63.0 Å². The zero-order chi connectivity index (χ0) is 19.2. The number of piperazine rings is 1. The molecule has 27 heavy (non-hydrogen) atoms. The quantitative estimate of drug-likeness (QED) is 0.698. The van der Waals surface area contributed by atoms with Gasteiger partial charge in [0.05, 0.1) is 7.11 Å². The molecule has 144 valence electrons. The van der Waals surface area contributed by atoms with Gasteiger partial charge in [0.2, 0.25) is 5.91 Å². The first kappa shape index (κ1) is 19.6. The number of benzene rings is 1. The first-order valence-electron chi connectivity index (χ1n) is 9.04. The van der Waals surface area contributed by atoms with Gasteiger partial charge in [-0.1, -0.05) is 12.1 Å². The molecule has 3 rings (SSSR count). The summed E-state index contributed by atoms with van der Waals surface area (Å²) in [4.78, 5) is 28.6. The van der Waals surface area contributed by atoms with Crippen LogP contribution in [-0.2, 0) is 17.8 Å². The van der Waals surface area contributed by atoms with Gasteiger partial charge in [-0.15, -0.1) is 0 Å². The first-order valence-corrected chi connectivity index (χ1v) is 9.83. The molecule has 1 aromatic heterocycles. The molecule has 1 fully saturated rings. The third-order valence-electron chi connectivity index (χ3n) is 4.85. The summed E-state index contributed by atoms with van der Waals surface area (Å²) < 4.78 is 7.42. The fraction of sp³-hybridized carbons (Fsp3) is 0.400. The molecule has 1 aliphatic rings. The van der Waals surface area contributed by atoms with Crippen LogP contribution in [0.3, 0.4) is 0 Å². The smallest absolute Gasteiger partial charge is 0.251 e. The molecule has 0 saturated carbocycles. The number of amides is 1. The van der Waals surface area contributed by atoms with Gasteiger partial charge in [0.1, 0.15) is 12.3 Å². The highest BCUT2D eigenvalue weighted by atomic mass is 79.9. The van der Waals surface area contributed by atoms with Crippen molar-refractivity contribution >= 4 is 21.8 Å². The molecule has 0 unspecified atom stereocenters. The maximum Gasteiger partial charge on any atom is 0.251 e. The second-order valence-corrected chi connectivity index (χ2v) is 7.55. The van der Waals surface area contributed by atoms with Crippen LogP contribution < -0.4 is 10.3 Å². The predicted octanol–water partition coefficient (Wildman–Crippen LogP) is 2.01. The molecule has 2 heterocycles. The minimum atomic E-state index is -0.162. The Morgan fingerprint density at radius 1 is 1.07 bits per heavy atom. The molecule has 1 aromatic carbocycles. The van der Waals surface area contributed by atoms with E-state index in [1.54, 1.807) is 19.4 Å². The lowest BCUT2D eigenvalue weighted by atomic mass is 10.1. The molecule has 7 heteroatoms. The van der Waals surface area contributed by atoms with E-state index in [9.17, 15) is 9.59 Å². The Morgan fingerprint density at radius 2 is 1.78 bits per heavy atom. The Bertz CT molecular complexity index is 827. The third kappa shape index (κ3) is 5.43. The standard InChI is InChI=1S/C20H24BrN3O3/c1-27-18-5-2-16(3-6-18)8-9-22-10-12-23(13-11-22)20(26)15-24-14-17(21)4-7-19(24)25/h2-7,14H,8-13,15H2,1H3. The SMILES string of the molecule is COc1ccc(CCN2CCN(C(=O)Cn3cc(Br)ccc3=O)CC2)cc1. The average Bonchev–Trinajstić information content (AvgIpc) is 2.70. The van der Waals surface area contributed by atoms with Gasteiger partial charge < -0.3 is 14.2 Å². The molecule has 0 aliphatic carbocycles. The number of carbonyl (C=O) groups is 1. The number of hydrogen-bond acceptors (Lipinski definition) is 4. The van der Waals surface area contributed by atoms with E-state index < -0.39 is 0 Å². The predicted molar refractivity (Wildman–Crippen MR) is 108 cm³/mol. The van der Waals surface area contributed by atoms with Crippen molar-refractivity contribution in [2.75, 3.05) is 39.8 Å². The van der Waals surface area contributed by atoms with Gasteiger partial charge in [-0.25, -0.2) is 0 Å². The first-order chi connectivity index (χ1) is 13.0. The van der Waals surface area contributed by atoms with E-state index in [1.807, 2.05) is 17.0 Å². The second kappa shape index (κ2) is 9.19. The average molecular weight is 434 g/mol. The molecule has 1 aliphatic heterocycles. The van der Waals surface area contributed by atoms with Gasteiger partial charge in [-0.05, 0) is 46.1 Å². The maximum atomic E-state index is 12.5. The van der Waals surface area contributed by atoms with Crippen molar-refractivity contribution in [3.8, 4) is 5.75 Å². The molecule has 0 atom stereocenters. The van der Waals surface area contributed by atoms with Gasteiger partial charge in [0.15, 0.2) is 0 Å². The highest BCUT2D eigenvalue weighted by Crippen LogP contribution is 2.13. The minimum absolute atomic E-state index is 0.00926. The summed E-state index contributed by atoms with van der Waals surface area (Å²) in [5, 5.41) is 0. The zero-order valence-corrected chi connectivity index (χ0v) is 17.0. The molecule has 0 radical (unpaired) electrons. The van der Waals surface area contributed by atoms with E-state index in [0.717, 1.165) is 36.3 Å². The Balaban J connectivity index is 1.45. The molecule has 2 aromatic rings. The van der Waals surface area contributed by atoms with Gasteiger partial charge in [-0.2, -0.15) is 0 Å². The fourth-order valence-electron chi connectivity index (χ4n) is 3.17. The molecule has 6 nitrogen and oxygen atoms in total. The summed E-state index contributed by atoms with van der Waals surface area (Å²) in [5.74, 6) is 0.862. The van der Waals surface area contributed by atoms with Crippen LogP contribution in [0.4, 0.5) is 0 Å². The molecule has 0 bridgehead atoms. The summed E-state index contributed by atoms with van der Waals surface area (Å²) in [6, 6.07) is 11.3. The number of nitrogens with zero attached hydrogens (tertiary/aromatic N) is 3. The van der Waals surface area contributed by atoms with Crippen molar-refractivity contribution in [2.45, 2.75) is 13.0 Å². The van der Waals surface area contributed by atoms with Crippen LogP contribution in [0.15, 0.2) is 51.9 Å². The van der Waals surface area contributed by atoms with Crippen LogP contribution in [0.1, 0.15) is 5.56 Å². The Labute approximate surface area is 167 Å². The summed E-state index contributed by atoms with van der Waals surface area (Å²) in [6.07, 6.45) is 2.64. The molecule has 0 N–H and O–H groups in total. The van der Waals surface area contributed by atoms with E-state index >= 15 is 0 Å². The normalized spacial score (nSPS) is 15.0. The number of ether oxygens (including phenoxy) is 1. The molecule has 1 amide bonds. The van der Waals surface area contributed by atoms with Crippen LogP contribution in [0.5, 0.6) is 5.75 Å². The Kier molecular flexibility index (Phi) is 6.68. The number of hydrogen-bond donors (Lipinski definition) is 0. The number of halogens is 1. The van der Waals surface area contributed by atoms with Crippen molar-refractivity contribution in [2.24, 2.45) is 0 Å². The van der Waals surface area contributed by atoms with E-state index in [4.69, 9.17) is 4.74 Å². The van der Waals surface area contributed by atoms with Crippen LogP contribution >= 0.6 is 15.9 Å². The number of methoxy groups -OCH3 is 1. The lowest BCUT2D eigenvalue weighted by Gasteiger charge is -2.34. The molecule has 0 spiro atoms. The van der Waals surface area contributed by atoms with Crippen molar-refractivity contribution in [1.82, 2.24) is 14.4 Å². The lowest BCUT2D eigenvalue weighted by Crippen LogP contribution is -2.50. The second-order valence-electron chi connectivity index (χ2n) is 6.63. The van der Waals surface area contributed by atoms with Crippen molar-refractivity contribution in [1.29, 1.82) is 0 Å². The van der Waals surface area contributed by atoms with Crippen molar-refractivity contribution < 1.29 is 9.53 Å². The van der Waals surface area contributed by atoms with Crippen LogP contribution in [-0.4, -0.2) is 60.1 Å². The van der Waals surface area contributed by atoms with E-state index in [2.05, 4.69) is 33.0 Å². The Morgan fingerprint density at radius 3 is 2.44 bits per heavy atom. The topological polar surface area (TPSA) is 54.8 Å². The van der Waals surface area contributed by atoms with E-state index in [0.29, 0.717) is 13.1 Å². The minimum Gasteiger partial charge on any atom is -0.497 e. The highest BCUT2D eigenvalue weighted by molar-refractivity contribution is 9.10. The maximum absolute atomic E-state index is 12.5. The van der Waals surface area contributed by atoms with Gasteiger partial charge >= 0.3 is 0 Å². The van der Waals surface area contributed by atoms with Gasteiger partial charge in [0, 0.05) is 49.5 Å². The molecular formula is C20H24BrN3O3. The number of aromatic nitrogens is 1. The van der Waals surface area contributed by atoms with Crippen LogP contribution in [0, 0.1) is 0 Å². The Hall–Kier alpha value is -2.12. The zero-order valence-electron chi connectivity index (χ0n) is 15.4. The highest BCUT2D eigenvalue weighted by Gasteiger charge is 2.21. The van der Waals surface area contributed by atoms with Gasteiger partial charge in [-0.3, -0.25) is 14.5 Å². The summed E-state index contributed by atoms with van der Waals surface area (Å²) in [5.41, 5.74) is 1.12. The summed E-state index contributed by atoms with van der Waals surface area (Å²) >= 11 is 3.34. The van der Waals surface area contributed by atoms with Crippen molar-refractivity contribution in [3.63, 3.8) is 0 Å².